The van der Waals surface area contributed by atoms with Crippen LogP contribution < -0.4 is 20.3 Å². The van der Waals surface area contributed by atoms with Crippen molar-refractivity contribution in [3.05, 3.63) is 87.3 Å². The van der Waals surface area contributed by atoms with Crippen LogP contribution in [0, 0.1) is 0 Å². The molecule has 142 valence electrons. The van der Waals surface area contributed by atoms with Gasteiger partial charge in [-0.15, -0.1) is 0 Å². The first kappa shape index (κ1) is 18.1. The highest BCUT2D eigenvalue weighted by Crippen LogP contribution is 2.32. The van der Waals surface area contributed by atoms with Crippen molar-refractivity contribution in [2.24, 2.45) is 0 Å². The van der Waals surface area contributed by atoms with Gasteiger partial charge in [0.2, 0.25) is 0 Å². The Kier molecular flexibility index (Phi) is 5.04. The third-order valence-electron chi connectivity index (χ3n) is 4.31. The van der Waals surface area contributed by atoms with Gasteiger partial charge in [-0.05, 0) is 42.0 Å². The van der Waals surface area contributed by atoms with Crippen LogP contribution in [0.3, 0.4) is 0 Å². The molecule has 0 spiro atoms. The molecule has 28 heavy (non-hydrogen) atoms. The Labute approximate surface area is 166 Å². The number of carbonyl (C=O) groups is 1. The van der Waals surface area contributed by atoms with Crippen molar-refractivity contribution in [3.8, 4) is 11.5 Å². The lowest BCUT2D eigenvalue weighted by atomic mass is 10.2. The first-order valence-corrected chi connectivity index (χ1v) is 9.13. The summed E-state index contributed by atoms with van der Waals surface area (Å²) in [6, 6.07) is 15.5. The van der Waals surface area contributed by atoms with Gasteiger partial charge in [0.15, 0.2) is 11.5 Å². The van der Waals surface area contributed by atoms with E-state index in [9.17, 15) is 9.59 Å². The van der Waals surface area contributed by atoms with E-state index in [1.165, 1.54) is 10.6 Å². The van der Waals surface area contributed by atoms with E-state index in [0.717, 1.165) is 5.56 Å². The van der Waals surface area contributed by atoms with Crippen molar-refractivity contribution >= 4 is 23.2 Å². The molecule has 0 saturated carbocycles. The monoisotopic (exact) mass is 396 g/mol. The Hall–Kier alpha value is -3.25. The number of fused-ring (bicyclic) bond motifs is 1. The highest BCUT2D eigenvalue weighted by molar-refractivity contribution is 6.30. The third kappa shape index (κ3) is 3.87. The van der Waals surface area contributed by atoms with Crippen LogP contribution >= 0.6 is 11.6 Å². The minimum Gasteiger partial charge on any atom is -0.486 e. The van der Waals surface area contributed by atoms with Crippen molar-refractivity contribution in [2.45, 2.75) is 6.54 Å². The molecule has 1 aliphatic heterocycles. The van der Waals surface area contributed by atoms with Gasteiger partial charge >= 0.3 is 0 Å². The number of anilines is 1. The summed E-state index contributed by atoms with van der Waals surface area (Å²) in [7, 11) is 0. The average molecular weight is 397 g/mol. The third-order valence-corrected chi connectivity index (χ3v) is 4.54. The molecule has 0 fully saturated rings. The molecule has 7 heteroatoms. The Balaban J connectivity index is 1.55. The van der Waals surface area contributed by atoms with E-state index >= 15 is 0 Å². The fourth-order valence-electron chi connectivity index (χ4n) is 2.99. The fourth-order valence-corrected chi connectivity index (χ4v) is 3.20. The van der Waals surface area contributed by atoms with Gasteiger partial charge in [-0.2, -0.15) is 0 Å². The van der Waals surface area contributed by atoms with Gasteiger partial charge in [0.05, 0.1) is 6.54 Å². The summed E-state index contributed by atoms with van der Waals surface area (Å²) in [5.41, 5.74) is 1.08. The van der Waals surface area contributed by atoms with Crippen molar-refractivity contribution in [3.63, 3.8) is 0 Å². The van der Waals surface area contributed by atoms with Crippen LogP contribution in [0.1, 0.15) is 15.9 Å². The lowest BCUT2D eigenvalue weighted by Gasteiger charge is -2.19. The zero-order chi connectivity index (χ0) is 19.5. The number of hydrogen-bond donors (Lipinski definition) is 1. The second kappa shape index (κ2) is 7.78. The van der Waals surface area contributed by atoms with Gasteiger partial charge in [0.25, 0.3) is 11.5 Å². The second-order valence-electron chi connectivity index (χ2n) is 6.30. The summed E-state index contributed by atoms with van der Waals surface area (Å²) in [5.74, 6) is 0.713. The predicted molar refractivity (Wildman–Crippen MR) is 107 cm³/mol. The van der Waals surface area contributed by atoms with E-state index in [4.69, 9.17) is 21.1 Å². The van der Waals surface area contributed by atoms with Crippen molar-refractivity contribution < 1.29 is 14.3 Å². The summed E-state index contributed by atoms with van der Waals surface area (Å²) < 4.78 is 12.5. The van der Waals surface area contributed by atoms with Gasteiger partial charge < -0.3 is 19.4 Å². The number of halogens is 1. The first-order valence-electron chi connectivity index (χ1n) is 8.75. The molecule has 3 aromatic rings. The van der Waals surface area contributed by atoms with Crippen molar-refractivity contribution in [2.75, 3.05) is 18.5 Å². The molecule has 0 bridgehead atoms. The molecule has 0 aliphatic carbocycles. The summed E-state index contributed by atoms with van der Waals surface area (Å²) >= 11 is 6.00. The quantitative estimate of drug-likeness (QED) is 0.732. The number of aromatic nitrogens is 1. The smallest absolute Gasteiger partial charge is 0.263 e. The average Bonchev–Trinajstić information content (AvgIpc) is 2.69. The summed E-state index contributed by atoms with van der Waals surface area (Å²) in [6.45, 7) is 1.27. The molecule has 1 amide bonds. The van der Waals surface area contributed by atoms with Gasteiger partial charge in [0.1, 0.15) is 18.8 Å². The van der Waals surface area contributed by atoms with Crippen molar-refractivity contribution in [1.82, 2.24) is 4.57 Å². The van der Waals surface area contributed by atoms with Gasteiger partial charge in [-0.1, -0.05) is 23.7 Å². The highest BCUT2D eigenvalue weighted by atomic mass is 35.5. The minimum absolute atomic E-state index is 0.0550. The Morgan fingerprint density at radius 3 is 2.68 bits per heavy atom. The van der Waals surface area contributed by atoms with Crippen molar-refractivity contribution in [1.29, 1.82) is 0 Å². The van der Waals surface area contributed by atoms with E-state index in [1.807, 2.05) is 12.1 Å². The Bertz CT molecular complexity index is 1090. The molecular formula is C21H17ClN2O4. The highest BCUT2D eigenvalue weighted by Gasteiger charge is 2.16. The number of pyridine rings is 1. The maximum absolute atomic E-state index is 12.7. The normalized spacial score (nSPS) is 12.5. The molecule has 0 saturated heterocycles. The molecule has 0 atom stereocenters. The largest absolute Gasteiger partial charge is 0.486 e. The van der Waals surface area contributed by atoms with Crippen LogP contribution in [0.4, 0.5) is 5.69 Å². The topological polar surface area (TPSA) is 69.6 Å². The number of nitrogens with zero attached hydrogens (tertiary/aromatic N) is 1. The lowest BCUT2D eigenvalue weighted by molar-refractivity contribution is 0.102. The first-order chi connectivity index (χ1) is 13.6. The number of carbonyl (C=O) groups excluding carboxylic acids is 1. The molecule has 0 radical (unpaired) electrons. The second-order valence-corrected chi connectivity index (χ2v) is 6.73. The van der Waals surface area contributed by atoms with Crippen LogP contribution in [-0.2, 0) is 6.54 Å². The van der Waals surface area contributed by atoms with E-state index < -0.39 is 5.91 Å². The lowest BCUT2D eigenvalue weighted by Crippen LogP contribution is -2.29. The summed E-state index contributed by atoms with van der Waals surface area (Å²) in [5, 5.41) is 3.34. The van der Waals surface area contributed by atoms with Gasteiger partial charge in [-0.3, -0.25) is 9.59 Å². The number of rotatable bonds is 4. The van der Waals surface area contributed by atoms with E-state index in [-0.39, 0.29) is 11.1 Å². The number of hydrogen-bond acceptors (Lipinski definition) is 4. The zero-order valence-electron chi connectivity index (χ0n) is 14.9. The van der Waals surface area contributed by atoms with Gasteiger partial charge in [0, 0.05) is 23.0 Å². The molecular weight excluding hydrogens is 380 g/mol. The number of nitrogens with one attached hydrogen (secondary N) is 1. The maximum Gasteiger partial charge on any atom is 0.263 e. The van der Waals surface area contributed by atoms with E-state index in [2.05, 4.69) is 5.32 Å². The molecule has 2 aromatic carbocycles. The molecule has 2 heterocycles. The molecule has 4 rings (SSSR count). The van der Waals surface area contributed by atoms with Crippen LogP contribution in [-0.4, -0.2) is 23.7 Å². The predicted octanol–water partition coefficient (Wildman–Crippen LogP) is 3.57. The van der Waals surface area contributed by atoms with Crippen LogP contribution in [0.2, 0.25) is 5.02 Å². The van der Waals surface area contributed by atoms with E-state index in [0.29, 0.717) is 42.0 Å². The van der Waals surface area contributed by atoms with Gasteiger partial charge in [-0.25, -0.2) is 0 Å². The van der Waals surface area contributed by atoms with Crippen LogP contribution in [0.25, 0.3) is 0 Å². The maximum atomic E-state index is 12.7. The molecule has 1 N–H and O–H groups in total. The Morgan fingerprint density at radius 2 is 1.86 bits per heavy atom. The van der Waals surface area contributed by atoms with E-state index in [1.54, 1.807) is 42.6 Å². The molecule has 6 nitrogen and oxygen atoms in total. The Morgan fingerprint density at radius 1 is 1.04 bits per heavy atom. The number of benzene rings is 2. The fraction of sp³-hybridized carbons (Fsp3) is 0.143. The molecule has 0 unspecified atom stereocenters. The molecule has 1 aromatic heterocycles. The standard InChI is InChI=1S/C21H17ClN2O4/c22-15-4-1-3-14(11-15)13-24-8-2-5-17(21(24)26)20(25)23-16-6-7-18-19(12-16)28-10-9-27-18/h1-8,11-12H,9-10,13H2,(H,23,25). The SMILES string of the molecule is O=C(Nc1ccc2c(c1)OCCO2)c1cccn(Cc2cccc(Cl)c2)c1=O. The number of amides is 1. The minimum atomic E-state index is -0.484. The zero-order valence-corrected chi connectivity index (χ0v) is 15.6. The van der Waals surface area contributed by atoms with Crippen LogP contribution in [0.15, 0.2) is 65.6 Å². The molecule has 1 aliphatic rings. The van der Waals surface area contributed by atoms with Crippen LogP contribution in [0.5, 0.6) is 11.5 Å². The number of ether oxygens (including phenoxy) is 2. The summed E-state index contributed by atoms with van der Waals surface area (Å²) in [6.07, 6.45) is 1.64. The summed E-state index contributed by atoms with van der Waals surface area (Å²) in [4.78, 5) is 25.4.